The van der Waals surface area contributed by atoms with Crippen LogP contribution in [-0.2, 0) is 18.0 Å². The third-order valence-corrected chi connectivity index (χ3v) is 5.37. The predicted octanol–water partition coefficient (Wildman–Crippen LogP) is 4.89. The van der Waals surface area contributed by atoms with Gasteiger partial charge in [0.2, 0.25) is 0 Å². The molecule has 0 atom stereocenters. The molecule has 1 fully saturated rings. The van der Waals surface area contributed by atoms with Gasteiger partial charge in [0, 0.05) is 13.2 Å². The van der Waals surface area contributed by atoms with Gasteiger partial charge in [0.15, 0.2) is 11.6 Å². The Morgan fingerprint density at radius 3 is 2.59 bits per heavy atom. The van der Waals surface area contributed by atoms with E-state index >= 15 is 0 Å². The lowest BCUT2D eigenvalue weighted by Crippen LogP contribution is -2.18. The van der Waals surface area contributed by atoms with Crippen LogP contribution in [0, 0.1) is 0 Å². The maximum atomic E-state index is 13.5. The van der Waals surface area contributed by atoms with Crippen LogP contribution in [0.3, 0.4) is 0 Å². The minimum Gasteiger partial charge on any atom is -0.340 e. The minimum atomic E-state index is -4.47. The molecule has 3 aromatic heterocycles. The van der Waals surface area contributed by atoms with Crippen molar-refractivity contribution in [1.82, 2.24) is 19.9 Å². The van der Waals surface area contributed by atoms with E-state index in [1.807, 2.05) is 13.0 Å². The van der Waals surface area contributed by atoms with E-state index in [9.17, 15) is 17.6 Å². The number of alkyl halides is 3. The Labute approximate surface area is 164 Å². The van der Waals surface area contributed by atoms with Gasteiger partial charge < -0.3 is 9.88 Å². The second kappa shape index (κ2) is 6.53. The third kappa shape index (κ3) is 3.24. The molecule has 5 nitrogen and oxygen atoms in total. The Balaban J connectivity index is 1.75. The molecule has 0 radical (unpaired) electrons. The lowest BCUT2D eigenvalue weighted by molar-refractivity contribution is -0.137. The van der Waals surface area contributed by atoms with E-state index in [2.05, 4.69) is 21.5 Å². The molecule has 1 saturated carbocycles. The van der Waals surface area contributed by atoms with E-state index in [1.54, 1.807) is 13.1 Å². The van der Waals surface area contributed by atoms with Crippen LogP contribution in [0.5, 0.6) is 0 Å². The van der Waals surface area contributed by atoms with Crippen LogP contribution in [0.1, 0.15) is 42.5 Å². The molecule has 0 saturated heterocycles. The number of nitrogens with one attached hydrogen (secondary N) is 1. The molecule has 0 bridgehead atoms. The quantitative estimate of drug-likeness (QED) is 0.485. The number of pyridine rings is 2. The zero-order valence-corrected chi connectivity index (χ0v) is 15.9. The molecule has 0 spiro atoms. The molecule has 3 aromatic rings. The van der Waals surface area contributed by atoms with Gasteiger partial charge in [0.1, 0.15) is 5.82 Å². The number of rotatable bonds is 5. The van der Waals surface area contributed by atoms with Crippen molar-refractivity contribution in [2.24, 2.45) is 0 Å². The summed E-state index contributed by atoms with van der Waals surface area (Å²) in [7, 11) is 1.58. The molecule has 3 heterocycles. The van der Waals surface area contributed by atoms with Crippen LogP contribution in [0.15, 0.2) is 36.9 Å². The van der Waals surface area contributed by atoms with Crippen molar-refractivity contribution < 1.29 is 17.6 Å². The molecular weight excluding hydrogens is 386 g/mol. The van der Waals surface area contributed by atoms with Crippen molar-refractivity contribution in [3.63, 3.8) is 0 Å². The van der Waals surface area contributed by atoms with Crippen molar-refractivity contribution in [3.8, 4) is 0 Å². The standard InChI is InChI=1S/C20H19F4N5/c1-4-13-15(29(3)11(2)21)5-6-16(26-13)19(7-8-19)18-27-14-9-12(20(22,23)24)10-25-17(14)28-18/h5-6,9-10H,2,4,7-8H2,1,3H3,(H,25,27,28). The molecule has 29 heavy (non-hydrogen) atoms. The molecule has 0 amide bonds. The van der Waals surface area contributed by atoms with Gasteiger partial charge in [-0.3, -0.25) is 4.98 Å². The first-order valence-corrected chi connectivity index (χ1v) is 9.17. The van der Waals surface area contributed by atoms with Crippen molar-refractivity contribution in [1.29, 1.82) is 0 Å². The molecule has 0 aliphatic heterocycles. The molecule has 1 aliphatic rings. The summed E-state index contributed by atoms with van der Waals surface area (Å²) in [5, 5.41) is 0. The van der Waals surface area contributed by atoms with Gasteiger partial charge >= 0.3 is 6.18 Å². The number of fused-ring (bicyclic) bond motifs is 1. The van der Waals surface area contributed by atoms with Crippen molar-refractivity contribution in [2.75, 3.05) is 11.9 Å². The van der Waals surface area contributed by atoms with E-state index in [0.717, 1.165) is 30.8 Å². The number of imidazole rings is 1. The highest BCUT2D eigenvalue weighted by Gasteiger charge is 2.50. The Hall–Kier alpha value is -2.97. The molecule has 9 heteroatoms. The van der Waals surface area contributed by atoms with E-state index in [0.29, 0.717) is 23.6 Å². The summed E-state index contributed by atoms with van der Waals surface area (Å²) in [5.41, 5.74) is 1.25. The maximum absolute atomic E-state index is 13.5. The lowest BCUT2D eigenvalue weighted by Gasteiger charge is -2.21. The van der Waals surface area contributed by atoms with Crippen molar-refractivity contribution in [2.45, 2.75) is 37.8 Å². The molecule has 1 aliphatic carbocycles. The fourth-order valence-electron chi connectivity index (χ4n) is 3.48. The number of H-pyrrole nitrogens is 1. The first-order valence-electron chi connectivity index (χ1n) is 9.17. The van der Waals surface area contributed by atoms with E-state index in [-0.39, 0.29) is 11.2 Å². The van der Waals surface area contributed by atoms with Crippen LogP contribution >= 0.6 is 0 Å². The normalized spacial score (nSPS) is 15.5. The Bertz CT molecular complexity index is 1100. The van der Waals surface area contributed by atoms with Gasteiger partial charge in [-0.05, 0) is 44.0 Å². The van der Waals surface area contributed by atoms with Crippen LogP contribution < -0.4 is 4.90 Å². The van der Waals surface area contributed by atoms with Crippen LogP contribution in [0.4, 0.5) is 23.2 Å². The van der Waals surface area contributed by atoms with Gasteiger partial charge in [-0.1, -0.05) is 6.92 Å². The van der Waals surface area contributed by atoms with Gasteiger partial charge in [0.25, 0.3) is 0 Å². The molecule has 0 unspecified atom stereocenters. The third-order valence-electron chi connectivity index (χ3n) is 5.37. The fraction of sp³-hybridized carbons (Fsp3) is 0.350. The van der Waals surface area contributed by atoms with Gasteiger partial charge in [0.05, 0.1) is 33.6 Å². The molecular formula is C20H19F4N5. The number of hydrogen-bond acceptors (Lipinski definition) is 4. The largest absolute Gasteiger partial charge is 0.417 e. The van der Waals surface area contributed by atoms with E-state index < -0.39 is 23.1 Å². The second-order valence-corrected chi connectivity index (χ2v) is 7.21. The first kappa shape index (κ1) is 19.4. The fourth-order valence-corrected chi connectivity index (χ4v) is 3.48. The van der Waals surface area contributed by atoms with Crippen LogP contribution in [0.25, 0.3) is 11.2 Å². The summed E-state index contributed by atoms with van der Waals surface area (Å²) in [6.07, 6.45) is -1.56. The summed E-state index contributed by atoms with van der Waals surface area (Å²) < 4.78 is 52.4. The average Bonchev–Trinajstić information content (AvgIpc) is 3.38. The van der Waals surface area contributed by atoms with Crippen molar-refractivity contribution in [3.05, 3.63) is 59.7 Å². The molecule has 1 N–H and O–H groups in total. The number of nitrogens with zero attached hydrogens (tertiary/aromatic N) is 4. The molecule has 4 rings (SSSR count). The Kier molecular flexibility index (Phi) is 4.36. The summed E-state index contributed by atoms with van der Waals surface area (Å²) >= 11 is 0. The van der Waals surface area contributed by atoms with Gasteiger partial charge in [-0.2, -0.15) is 17.6 Å². The van der Waals surface area contributed by atoms with Crippen LogP contribution in [-0.4, -0.2) is 27.0 Å². The number of hydrogen-bond donors (Lipinski definition) is 1. The smallest absolute Gasteiger partial charge is 0.340 e. The van der Waals surface area contributed by atoms with E-state index in [1.165, 1.54) is 4.90 Å². The number of anilines is 1. The summed E-state index contributed by atoms with van der Waals surface area (Å²) in [5.74, 6) is -0.0379. The lowest BCUT2D eigenvalue weighted by atomic mass is 10.00. The number of aryl methyl sites for hydroxylation is 1. The zero-order chi connectivity index (χ0) is 21.0. The molecule has 152 valence electrons. The Morgan fingerprint density at radius 1 is 1.28 bits per heavy atom. The second-order valence-electron chi connectivity index (χ2n) is 7.21. The van der Waals surface area contributed by atoms with Gasteiger partial charge in [-0.25, -0.2) is 9.97 Å². The highest BCUT2D eigenvalue weighted by molar-refractivity contribution is 5.72. The Morgan fingerprint density at radius 2 is 2.00 bits per heavy atom. The predicted molar refractivity (Wildman–Crippen MR) is 101 cm³/mol. The topological polar surface area (TPSA) is 57.7 Å². The summed E-state index contributed by atoms with van der Waals surface area (Å²) in [4.78, 5) is 17.3. The van der Waals surface area contributed by atoms with Crippen molar-refractivity contribution >= 4 is 16.9 Å². The highest BCUT2D eigenvalue weighted by Crippen LogP contribution is 2.52. The number of aromatic amines is 1. The number of halogens is 4. The van der Waals surface area contributed by atoms with Crippen LogP contribution in [0.2, 0.25) is 0 Å². The highest BCUT2D eigenvalue weighted by atomic mass is 19.4. The maximum Gasteiger partial charge on any atom is 0.417 e. The summed E-state index contributed by atoms with van der Waals surface area (Å²) in [6.45, 7) is 5.24. The zero-order valence-electron chi connectivity index (χ0n) is 15.9. The number of aromatic nitrogens is 4. The molecule has 0 aromatic carbocycles. The summed E-state index contributed by atoms with van der Waals surface area (Å²) in [6, 6.07) is 4.61. The monoisotopic (exact) mass is 405 g/mol. The SMILES string of the molecule is C=C(F)N(C)c1ccc(C2(c3nc4ncc(C(F)(F)F)cc4[nH]3)CC2)nc1CC. The van der Waals surface area contributed by atoms with Gasteiger partial charge in [-0.15, -0.1) is 0 Å². The van der Waals surface area contributed by atoms with E-state index in [4.69, 9.17) is 4.98 Å². The first-order chi connectivity index (χ1) is 13.7. The minimum absolute atomic E-state index is 0.236. The average molecular weight is 405 g/mol.